The number of nitrogens with zero attached hydrogens (tertiary/aromatic N) is 6. The van der Waals surface area contributed by atoms with Crippen molar-refractivity contribution >= 4 is 17.0 Å². The molecule has 1 fully saturated rings. The molecule has 0 aliphatic carbocycles. The summed E-state index contributed by atoms with van der Waals surface area (Å²) >= 11 is 0. The molecule has 4 heterocycles. The lowest BCUT2D eigenvalue weighted by Gasteiger charge is -2.29. The lowest BCUT2D eigenvalue weighted by Crippen LogP contribution is -2.34. The van der Waals surface area contributed by atoms with Crippen LogP contribution >= 0.6 is 0 Å². The van der Waals surface area contributed by atoms with Gasteiger partial charge in [0, 0.05) is 56.5 Å². The lowest BCUT2D eigenvalue weighted by atomic mass is 10.1. The van der Waals surface area contributed by atoms with Gasteiger partial charge < -0.3 is 4.90 Å². The molecule has 0 aromatic carbocycles. The zero-order valence-corrected chi connectivity index (χ0v) is 13.3. The van der Waals surface area contributed by atoms with Gasteiger partial charge in [-0.25, -0.2) is 4.52 Å². The second-order valence-electron chi connectivity index (χ2n) is 6.01. The normalized spacial score (nSPS) is 15.0. The highest BCUT2D eigenvalue weighted by Crippen LogP contribution is 2.31. The number of pyridine rings is 1. The first kappa shape index (κ1) is 14.5. The molecule has 1 aliphatic rings. The van der Waals surface area contributed by atoms with Crippen LogP contribution in [0.25, 0.3) is 16.6 Å². The van der Waals surface area contributed by atoms with Crippen molar-refractivity contribution in [2.75, 3.05) is 18.0 Å². The van der Waals surface area contributed by atoms with Crippen molar-refractivity contribution in [1.82, 2.24) is 19.4 Å². The number of anilines is 1. The maximum Gasteiger partial charge on any atom is 0.136 e. The molecule has 0 radical (unpaired) electrons. The predicted molar refractivity (Wildman–Crippen MR) is 88.6 cm³/mol. The van der Waals surface area contributed by atoms with Gasteiger partial charge in [0.1, 0.15) is 17.4 Å². The number of nitriles is 1. The largest absolute Gasteiger partial charge is 0.369 e. The minimum atomic E-state index is 0.291. The molecule has 3 aromatic rings. The summed E-state index contributed by atoms with van der Waals surface area (Å²) in [6.07, 6.45) is 8.32. The Bertz CT molecular complexity index is 967. The van der Waals surface area contributed by atoms with Crippen molar-refractivity contribution in [3.63, 3.8) is 0 Å². The average Bonchev–Trinajstić information content (AvgIpc) is 3.20. The number of piperidine rings is 1. The van der Waals surface area contributed by atoms with Gasteiger partial charge in [-0.05, 0) is 6.07 Å². The summed E-state index contributed by atoms with van der Waals surface area (Å²) in [6.45, 7) is 1.34. The molecule has 0 unspecified atom stereocenters. The van der Waals surface area contributed by atoms with Crippen molar-refractivity contribution in [3.05, 3.63) is 36.4 Å². The van der Waals surface area contributed by atoms with E-state index in [1.807, 2.05) is 19.4 Å². The van der Waals surface area contributed by atoms with Crippen molar-refractivity contribution in [2.24, 2.45) is 7.05 Å². The molecule has 0 amide bonds. The van der Waals surface area contributed by atoms with Gasteiger partial charge in [-0.1, -0.05) is 0 Å². The fraction of sp³-hybridized carbons (Fsp3) is 0.294. The first-order valence-electron chi connectivity index (χ1n) is 7.83. The number of aryl methyl sites for hydroxylation is 1. The minimum Gasteiger partial charge on any atom is -0.369 e. The quantitative estimate of drug-likeness (QED) is 0.719. The van der Waals surface area contributed by atoms with E-state index >= 15 is 0 Å². The lowest BCUT2D eigenvalue weighted by molar-refractivity contribution is -0.119. The number of Topliss-reactive ketones (excluding diaryl/α,β-unsaturated/α-hetero) is 1. The Hall–Kier alpha value is -3.14. The molecule has 7 nitrogen and oxygen atoms in total. The average molecular weight is 320 g/mol. The van der Waals surface area contributed by atoms with Gasteiger partial charge in [0.15, 0.2) is 0 Å². The van der Waals surface area contributed by atoms with Gasteiger partial charge in [-0.3, -0.25) is 9.48 Å². The van der Waals surface area contributed by atoms with Crippen molar-refractivity contribution in [3.8, 4) is 17.2 Å². The van der Waals surface area contributed by atoms with Crippen LogP contribution in [0, 0.1) is 11.3 Å². The fourth-order valence-corrected chi connectivity index (χ4v) is 3.15. The van der Waals surface area contributed by atoms with Crippen LogP contribution in [0.1, 0.15) is 18.4 Å². The fourth-order valence-electron chi connectivity index (χ4n) is 3.15. The van der Waals surface area contributed by atoms with Gasteiger partial charge in [-0.2, -0.15) is 15.5 Å². The van der Waals surface area contributed by atoms with Crippen LogP contribution in [0.2, 0.25) is 0 Å². The van der Waals surface area contributed by atoms with Crippen molar-refractivity contribution in [1.29, 1.82) is 5.26 Å². The third-order valence-electron chi connectivity index (χ3n) is 4.41. The molecular formula is C17H16N6O. The van der Waals surface area contributed by atoms with Crippen LogP contribution in [0.3, 0.4) is 0 Å². The van der Waals surface area contributed by atoms with Gasteiger partial charge in [0.2, 0.25) is 0 Å². The van der Waals surface area contributed by atoms with E-state index in [9.17, 15) is 10.1 Å². The van der Waals surface area contributed by atoms with Gasteiger partial charge in [-0.15, -0.1) is 0 Å². The molecule has 3 aromatic heterocycles. The molecule has 0 spiro atoms. The summed E-state index contributed by atoms with van der Waals surface area (Å²) in [5.41, 5.74) is 4.25. The Morgan fingerprint density at radius 2 is 1.92 bits per heavy atom. The first-order chi connectivity index (χ1) is 11.7. The van der Waals surface area contributed by atoms with Crippen molar-refractivity contribution in [2.45, 2.75) is 12.8 Å². The van der Waals surface area contributed by atoms with Crippen molar-refractivity contribution < 1.29 is 4.79 Å². The van der Waals surface area contributed by atoms with Crippen LogP contribution < -0.4 is 4.90 Å². The molecule has 0 atom stereocenters. The van der Waals surface area contributed by atoms with Gasteiger partial charge in [0.05, 0.1) is 23.6 Å². The smallest absolute Gasteiger partial charge is 0.136 e. The SMILES string of the molecule is Cn1cc(-c2cc(N3CCC(=O)CC3)c3c(C#N)cnn3c2)cn1. The van der Waals surface area contributed by atoms with Crippen LogP contribution in [0.4, 0.5) is 5.69 Å². The minimum absolute atomic E-state index is 0.291. The highest BCUT2D eigenvalue weighted by molar-refractivity contribution is 5.86. The zero-order valence-electron chi connectivity index (χ0n) is 13.3. The topological polar surface area (TPSA) is 79.2 Å². The standard InChI is InChI=1S/C17H16N6O/c1-21-10-14(9-19-21)12-6-16(22-4-2-15(24)3-5-22)17-13(7-18)8-20-23(17)11-12/h6,8-11H,2-5H2,1H3. The van der Waals surface area contributed by atoms with Crippen LogP contribution in [0.5, 0.6) is 0 Å². The summed E-state index contributed by atoms with van der Waals surface area (Å²) in [4.78, 5) is 13.7. The number of hydrogen-bond acceptors (Lipinski definition) is 5. The number of aromatic nitrogens is 4. The van der Waals surface area contributed by atoms with Crippen LogP contribution in [-0.4, -0.2) is 38.3 Å². The predicted octanol–water partition coefficient (Wildman–Crippen LogP) is 1.78. The molecule has 120 valence electrons. The van der Waals surface area contributed by atoms with E-state index in [1.54, 1.807) is 21.6 Å². The van der Waals surface area contributed by atoms with Crippen LogP contribution in [-0.2, 0) is 11.8 Å². The van der Waals surface area contributed by atoms with E-state index < -0.39 is 0 Å². The Kier molecular flexibility index (Phi) is 3.31. The van der Waals surface area contributed by atoms with E-state index in [2.05, 4.69) is 27.2 Å². The molecule has 0 saturated carbocycles. The summed E-state index contributed by atoms with van der Waals surface area (Å²) in [5.74, 6) is 0.291. The van der Waals surface area contributed by atoms with Crippen LogP contribution in [0.15, 0.2) is 30.9 Å². The molecule has 1 saturated heterocycles. The summed E-state index contributed by atoms with van der Waals surface area (Å²) in [5, 5.41) is 17.9. The molecule has 0 bridgehead atoms. The first-order valence-corrected chi connectivity index (χ1v) is 7.83. The maximum atomic E-state index is 11.6. The summed E-state index contributed by atoms with van der Waals surface area (Å²) < 4.78 is 3.50. The molecule has 1 aliphatic heterocycles. The van der Waals surface area contributed by atoms with Gasteiger partial charge >= 0.3 is 0 Å². The second kappa shape index (κ2) is 5.49. The summed E-state index contributed by atoms with van der Waals surface area (Å²) in [6, 6.07) is 4.27. The van der Waals surface area contributed by atoms with E-state index in [4.69, 9.17) is 0 Å². The number of hydrogen-bond donors (Lipinski definition) is 0. The maximum absolute atomic E-state index is 11.6. The Labute approximate surface area is 138 Å². The van der Waals surface area contributed by atoms with E-state index in [-0.39, 0.29) is 0 Å². The van der Waals surface area contributed by atoms with E-state index in [0.29, 0.717) is 37.3 Å². The monoisotopic (exact) mass is 320 g/mol. The Morgan fingerprint density at radius 3 is 2.58 bits per heavy atom. The number of carbonyl (C=O) groups excluding carboxylic acids is 1. The molecule has 0 N–H and O–H groups in total. The molecule has 4 rings (SSSR count). The third kappa shape index (κ3) is 2.33. The Balaban J connectivity index is 1.89. The Morgan fingerprint density at radius 1 is 1.12 bits per heavy atom. The molecule has 24 heavy (non-hydrogen) atoms. The second-order valence-corrected chi connectivity index (χ2v) is 6.01. The number of ketones is 1. The highest BCUT2D eigenvalue weighted by atomic mass is 16.1. The molecular weight excluding hydrogens is 304 g/mol. The number of fused-ring (bicyclic) bond motifs is 1. The number of carbonyl (C=O) groups is 1. The zero-order chi connectivity index (χ0) is 16.7. The van der Waals surface area contributed by atoms with Gasteiger partial charge in [0.25, 0.3) is 0 Å². The summed E-state index contributed by atoms with van der Waals surface area (Å²) in [7, 11) is 1.88. The number of rotatable bonds is 2. The highest BCUT2D eigenvalue weighted by Gasteiger charge is 2.21. The van der Waals surface area contributed by atoms with E-state index in [1.165, 1.54) is 0 Å². The van der Waals surface area contributed by atoms with E-state index in [0.717, 1.165) is 22.3 Å². The third-order valence-corrected chi connectivity index (χ3v) is 4.41. The molecule has 7 heteroatoms.